The highest BCUT2D eigenvalue weighted by atomic mass is 16.6. The Morgan fingerprint density at radius 2 is 2.15 bits per heavy atom. The van der Waals surface area contributed by atoms with Gasteiger partial charge in [0.15, 0.2) is 5.78 Å². The number of carbonyl (C=O) groups is 1. The lowest BCUT2D eigenvalue weighted by Gasteiger charge is -2.00. The van der Waals surface area contributed by atoms with Gasteiger partial charge in [-0.05, 0) is 18.2 Å². The normalized spacial score (nSPS) is 10.4. The zero-order valence-electron chi connectivity index (χ0n) is 10.4. The van der Waals surface area contributed by atoms with Crippen molar-refractivity contribution >= 4 is 17.2 Å². The number of non-ortho nitro benzene ring substituents is 1. The third kappa shape index (κ3) is 3.49. The highest BCUT2D eigenvalue weighted by molar-refractivity contribution is 6.04. The molecule has 0 fully saturated rings. The van der Waals surface area contributed by atoms with E-state index in [2.05, 4.69) is 10.3 Å². The maximum absolute atomic E-state index is 11.7. The molecule has 1 aromatic carbocycles. The molecule has 2 rings (SSSR count). The quantitative estimate of drug-likeness (QED) is 0.390. The Morgan fingerprint density at radius 1 is 1.30 bits per heavy atom. The highest BCUT2D eigenvalue weighted by Gasteiger charge is 2.04. The van der Waals surface area contributed by atoms with Crippen LogP contribution in [0.3, 0.4) is 0 Å². The van der Waals surface area contributed by atoms with E-state index in [0.717, 1.165) is 0 Å². The third-order valence-electron chi connectivity index (χ3n) is 2.49. The second-order valence-electron chi connectivity index (χ2n) is 3.89. The molecule has 0 atom stereocenters. The molecule has 6 nitrogen and oxygen atoms in total. The van der Waals surface area contributed by atoms with Gasteiger partial charge in [-0.15, -0.1) is 0 Å². The molecule has 0 spiro atoms. The first-order valence-corrected chi connectivity index (χ1v) is 5.79. The van der Waals surface area contributed by atoms with Crippen molar-refractivity contribution in [3.05, 3.63) is 76.7 Å². The first kappa shape index (κ1) is 13.4. The van der Waals surface area contributed by atoms with Crippen LogP contribution in [0.25, 0.3) is 0 Å². The fourth-order valence-corrected chi connectivity index (χ4v) is 1.53. The minimum absolute atomic E-state index is 0.0121. The van der Waals surface area contributed by atoms with Gasteiger partial charge in [-0.3, -0.25) is 19.9 Å². The van der Waals surface area contributed by atoms with Crippen LogP contribution in [-0.4, -0.2) is 15.7 Å². The topological polar surface area (TPSA) is 85.1 Å². The van der Waals surface area contributed by atoms with Crippen molar-refractivity contribution in [2.45, 2.75) is 0 Å². The predicted octanol–water partition coefficient (Wildman–Crippen LogP) is 2.80. The van der Waals surface area contributed by atoms with E-state index in [1.165, 1.54) is 30.6 Å². The third-order valence-corrected chi connectivity index (χ3v) is 2.49. The second-order valence-corrected chi connectivity index (χ2v) is 3.89. The van der Waals surface area contributed by atoms with Gasteiger partial charge in [-0.25, -0.2) is 0 Å². The Hall–Kier alpha value is -3.02. The molecule has 20 heavy (non-hydrogen) atoms. The van der Waals surface area contributed by atoms with Gasteiger partial charge in [0.1, 0.15) is 0 Å². The van der Waals surface area contributed by atoms with Crippen LogP contribution in [0.5, 0.6) is 0 Å². The monoisotopic (exact) mass is 269 g/mol. The summed E-state index contributed by atoms with van der Waals surface area (Å²) in [6.07, 6.45) is 5.84. The molecule has 0 radical (unpaired) electrons. The number of hydrogen-bond acceptors (Lipinski definition) is 5. The molecule has 0 saturated heterocycles. The van der Waals surface area contributed by atoms with Crippen molar-refractivity contribution in [3.8, 4) is 0 Å². The van der Waals surface area contributed by atoms with Crippen LogP contribution < -0.4 is 5.32 Å². The van der Waals surface area contributed by atoms with Crippen LogP contribution in [0.4, 0.5) is 11.4 Å². The fourth-order valence-electron chi connectivity index (χ4n) is 1.53. The minimum Gasteiger partial charge on any atom is -0.361 e. The second kappa shape index (κ2) is 6.24. The number of benzene rings is 1. The van der Waals surface area contributed by atoms with Crippen molar-refractivity contribution in [2.24, 2.45) is 0 Å². The fraction of sp³-hybridized carbons (Fsp3) is 0. The summed E-state index contributed by atoms with van der Waals surface area (Å²) in [5.41, 5.74) is 1.00. The van der Waals surface area contributed by atoms with Gasteiger partial charge in [-0.2, -0.15) is 0 Å². The first-order valence-electron chi connectivity index (χ1n) is 5.79. The van der Waals surface area contributed by atoms with Crippen LogP contribution in [-0.2, 0) is 0 Å². The van der Waals surface area contributed by atoms with Crippen molar-refractivity contribution in [2.75, 3.05) is 5.32 Å². The van der Waals surface area contributed by atoms with Crippen LogP contribution in [0.1, 0.15) is 10.4 Å². The largest absolute Gasteiger partial charge is 0.361 e. The smallest absolute Gasteiger partial charge is 0.271 e. The number of ketones is 1. The van der Waals surface area contributed by atoms with E-state index < -0.39 is 4.92 Å². The molecule has 0 aliphatic rings. The molecule has 0 aliphatic heterocycles. The lowest BCUT2D eigenvalue weighted by Crippen LogP contribution is -1.97. The van der Waals surface area contributed by atoms with Gasteiger partial charge in [0, 0.05) is 48.1 Å². The zero-order chi connectivity index (χ0) is 14.4. The number of nitrogens with zero attached hydrogens (tertiary/aromatic N) is 2. The molecule has 0 unspecified atom stereocenters. The number of nitrogens with one attached hydrogen (secondary N) is 1. The van der Waals surface area contributed by atoms with Crippen LogP contribution in [0.15, 0.2) is 61.1 Å². The average molecular weight is 269 g/mol. The van der Waals surface area contributed by atoms with Gasteiger partial charge in [0.2, 0.25) is 0 Å². The van der Waals surface area contributed by atoms with E-state index >= 15 is 0 Å². The summed E-state index contributed by atoms with van der Waals surface area (Å²) in [5.74, 6) is -0.198. The number of anilines is 1. The SMILES string of the molecule is O=C(/C=C\Nc1cccc([N+](=O)[O-])c1)c1cccnc1. The number of aromatic nitrogens is 1. The maximum atomic E-state index is 11.7. The maximum Gasteiger partial charge on any atom is 0.271 e. The van der Waals surface area contributed by atoms with E-state index in [1.54, 1.807) is 30.5 Å². The summed E-state index contributed by atoms with van der Waals surface area (Å²) in [6.45, 7) is 0. The molecule has 100 valence electrons. The Balaban J connectivity index is 2.02. The number of pyridine rings is 1. The van der Waals surface area contributed by atoms with Crippen LogP contribution >= 0.6 is 0 Å². The molecular weight excluding hydrogens is 258 g/mol. The van der Waals surface area contributed by atoms with Crippen molar-refractivity contribution in [1.82, 2.24) is 4.98 Å². The van der Waals surface area contributed by atoms with Gasteiger partial charge >= 0.3 is 0 Å². The molecule has 1 aromatic heterocycles. The van der Waals surface area contributed by atoms with Crippen molar-refractivity contribution in [1.29, 1.82) is 0 Å². The van der Waals surface area contributed by atoms with Gasteiger partial charge in [-0.1, -0.05) is 6.07 Å². The molecule has 2 aromatic rings. The summed E-state index contributed by atoms with van der Waals surface area (Å²) in [6, 6.07) is 9.36. The zero-order valence-corrected chi connectivity index (χ0v) is 10.4. The standard InChI is InChI=1S/C14H11N3O3/c18-14(11-3-2-7-15-10-11)6-8-16-12-4-1-5-13(9-12)17(19)20/h1-10,16H/b8-6-. The predicted molar refractivity (Wildman–Crippen MR) is 74.4 cm³/mol. The van der Waals surface area contributed by atoms with E-state index in [1.807, 2.05) is 0 Å². The molecule has 0 aliphatic carbocycles. The van der Waals surface area contributed by atoms with Gasteiger partial charge < -0.3 is 5.32 Å². The van der Waals surface area contributed by atoms with E-state index in [4.69, 9.17) is 0 Å². The van der Waals surface area contributed by atoms with E-state index in [0.29, 0.717) is 11.3 Å². The van der Waals surface area contributed by atoms with Crippen LogP contribution in [0.2, 0.25) is 0 Å². The van der Waals surface area contributed by atoms with Gasteiger partial charge in [0.25, 0.3) is 5.69 Å². The summed E-state index contributed by atoms with van der Waals surface area (Å²) in [4.78, 5) is 25.7. The number of carbonyl (C=O) groups excluding carboxylic acids is 1. The molecule has 0 saturated carbocycles. The molecule has 0 amide bonds. The Labute approximate surface area is 114 Å². The number of hydrogen-bond donors (Lipinski definition) is 1. The van der Waals surface area contributed by atoms with Crippen LogP contribution in [0, 0.1) is 10.1 Å². The lowest BCUT2D eigenvalue weighted by molar-refractivity contribution is -0.384. The molecule has 1 heterocycles. The first-order chi connectivity index (χ1) is 9.66. The Kier molecular flexibility index (Phi) is 4.18. The van der Waals surface area contributed by atoms with Gasteiger partial charge in [0.05, 0.1) is 4.92 Å². The number of rotatable bonds is 5. The van der Waals surface area contributed by atoms with E-state index in [9.17, 15) is 14.9 Å². The lowest BCUT2D eigenvalue weighted by atomic mass is 10.2. The molecule has 0 bridgehead atoms. The Bertz CT molecular complexity index is 654. The van der Waals surface area contributed by atoms with Crippen molar-refractivity contribution in [3.63, 3.8) is 0 Å². The Morgan fingerprint density at radius 3 is 2.85 bits per heavy atom. The van der Waals surface area contributed by atoms with Crippen molar-refractivity contribution < 1.29 is 9.72 Å². The summed E-state index contributed by atoms with van der Waals surface area (Å²) in [7, 11) is 0. The summed E-state index contributed by atoms with van der Waals surface area (Å²) >= 11 is 0. The number of allylic oxidation sites excluding steroid dienone is 1. The van der Waals surface area contributed by atoms with E-state index in [-0.39, 0.29) is 11.5 Å². The summed E-state index contributed by atoms with van der Waals surface area (Å²) in [5, 5.41) is 13.4. The molecule has 6 heteroatoms. The molecule has 1 N–H and O–H groups in total. The molecular formula is C14H11N3O3. The minimum atomic E-state index is -0.477. The number of nitro groups is 1. The summed E-state index contributed by atoms with van der Waals surface area (Å²) < 4.78 is 0. The number of nitro benzene ring substituents is 1. The highest BCUT2D eigenvalue weighted by Crippen LogP contribution is 2.16. The average Bonchev–Trinajstić information content (AvgIpc) is 2.48.